The van der Waals surface area contributed by atoms with Gasteiger partial charge in [-0.2, -0.15) is 17.0 Å². The van der Waals surface area contributed by atoms with Gasteiger partial charge in [-0.1, -0.05) is 6.42 Å². The fraction of sp³-hybridized carbons (Fsp3) is 0.857. The molecular weight excluding hydrogens is 244 g/mol. The van der Waals surface area contributed by atoms with Crippen LogP contribution in [0, 0.1) is 16.7 Å². The highest BCUT2D eigenvalue weighted by Crippen LogP contribution is 2.22. The van der Waals surface area contributed by atoms with Gasteiger partial charge in [0.05, 0.1) is 17.2 Å². The van der Waals surface area contributed by atoms with Gasteiger partial charge >= 0.3 is 0 Å². The molecule has 0 aliphatic carbocycles. The Morgan fingerprint density at radius 1 is 1.28 bits per heavy atom. The van der Waals surface area contributed by atoms with Gasteiger partial charge < -0.3 is 4.90 Å². The number of nitrogens with zero attached hydrogens (tertiary/aromatic N) is 2. The van der Waals surface area contributed by atoms with Crippen molar-refractivity contribution in [3.05, 3.63) is 0 Å². The molecule has 0 saturated carbocycles. The molecule has 0 aromatic rings. The fourth-order valence-corrected chi connectivity index (χ4v) is 2.56. The molecule has 0 aromatic heterocycles. The Hall–Kier alpha value is -0.690. The van der Waals surface area contributed by atoms with Crippen LogP contribution in [-0.4, -0.2) is 35.4 Å². The van der Waals surface area contributed by atoms with E-state index in [0.717, 1.165) is 38.1 Å². The van der Waals surface area contributed by atoms with Crippen molar-refractivity contribution >= 4 is 17.7 Å². The summed E-state index contributed by atoms with van der Waals surface area (Å²) in [5, 5.41) is 8.88. The van der Waals surface area contributed by atoms with E-state index in [2.05, 4.69) is 6.07 Å². The zero-order valence-electron chi connectivity index (χ0n) is 12.2. The first-order valence-electron chi connectivity index (χ1n) is 6.73. The molecule has 0 spiro atoms. The molecule has 0 saturated heterocycles. The van der Waals surface area contributed by atoms with Crippen LogP contribution >= 0.6 is 11.8 Å². The van der Waals surface area contributed by atoms with Crippen LogP contribution in [0.2, 0.25) is 0 Å². The van der Waals surface area contributed by atoms with Gasteiger partial charge in [-0.25, -0.2) is 0 Å². The summed E-state index contributed by atoms with van der Waals surface area (Å²) in [6, 6.07) is 2.31. The minimum absolute atomic E-state index is 0.207. The monoisotopic (exact) mass is 270 g/mol. The maximum absolute atomic E-state index is 11.7. The van der Waals surface area contributed by atoms with E-state index in [0.29, 0.717) is 5.75 Å². The van der Waals surface area contributed by atoms with Crippen molar-refractivity contribution in [2.24, 2.45) is 5.41 Å². The Kier molecular flexibility index (Phi) is 8.91. The first-order valence-corrected chi connectivity index (χ1v) is 7.89. The lowest BCUT2D eigenvalue weighted by atomic mass is 9.89. The third-order valence-corrected chi connectivity index (χ3v) is 4.01. The number of hydrogen-bond acceptors (Lipinski definition) is 3. The van der Waals surface area contributed by atoms with E-state index >= 15 is 0 Å². The van der Waals surface area contributed by atoms with Crippen molar-refractivity contribution in [3.8, 4) is 6.07 Å². The molecule has 0 aromatic carbocycles. The van der Waals surface area contributed by atoms with E-state index < -0.39 is 0 Å². The number of nitriles is 1. The fourth-order valence-electron chi connectivity index (χ4n) is 1.65. The maximum Gasteiger partial charge on any atom is 0.232 e. The number of amides is 1. The van der Waals surface area contributed by atoms with Crippen molar-refractivity contribution in [1.29, 1.82) is 5.26 Å². The van der Waals surface area contributed by atoms with Crippen LogP contribution in [0.15, 0.2) is 0 Å². The molecule has 3 nitrogen and oxygen atoms in total. The first kappa shape index (κ1) is 17.3. The summed E-state index contributed by atoms with van der Waals surface area (Å²) < 4.78 is 0. The lowest BCUT2D eigenvalue weighted by Crippen LogP contribution is -2.31. The summed E-state index contributed by atoms with van der Waals surface area (Å²) >= 11 is 1.70. The number of unbranched alkanes of at least 4 members (excludes halogenated alkanes) is 1. The van der Waals surface area contributed by atoms with E-state index in [-0.39, 0.29) is 11.3 Å². The Bertz CT molecular complexity index is 280. The van der Waals surface area contributed by atoms with E-state index in [1.807, 2.05) is 32.6 Å². The van der Waals surface area contributed by atoms with Gasteiger partial charge in [0.1, 0.15) is 0 Å². The van der Waals surface area contributed by atoms with Gasteiger partial charge in [0, 0.05) is 13.1 Å². The van der Waals surface area contributed by atoms with Gasteiger partial charge in [-0.05, 0) is 46.3 Å². The van der Waals surface area contributed by atoms with Gasteiger partial charge in [-0.15, -0.1) is 0 Å². The summed E-state index contributed by atoms with van der Waals surface area (Å²) in [6.07, 6.45) is 3.09. The van der Waals surface area contributed by atoms with E-state index in [9.17, 15) is 4.79 Å². The van der Waals surface area contributed by atoms with Crippen LogP contribution < -0.4 is 0 Å². The second-order valence-electron chi connectivity index (χ2n) is 5.07. The Labute approximate surface area is 116 Å². The van der Waals surface area contributed by atoms with Gasteiger partial charge in [0.15, 0.2) is 0 Å². The second kappa shape index (κ2) is 9.27. The number of hydrogen-bond donors (Lipinski definition) is 0. The zero-order valence-corrected chi connectivity index (χ0v) is 13.0. The first-order chi connectivity index (χ1) is 8.46. The molecule has 0 radical (unpaired) electrons. The molecule has 0 N–H and O–H groups in total. The minimum atomic E-state index is -0.207. The van der Waals surface area contributed by atoms with Crippen LogP contribution in [-0.2, 0) is 4.79 Å². The molecule has 0 aliphatic heterocycles. The lowest BCUT2D eigenvalue weighted by molar-refractivity contribution is -0.127. The average Bonchev–Trinajstić information content (AvgIpc) is 2.35. The summed E-state index contributed by atoms with van der Waals surface area (Å²) in [7, 11) is 0. The van der Waals surface area contributed by atoms with Crippen molar-refractivity contribution in [2.45, 2.75) is 47.0 Å². The van der Waals surface area contributed by atoms with Crippen molar-refractivity contribution in [3.63, 3.8) is 0 Å². The SMILES string of the molecule is CCN(CC)C(=O)CSCCCCC(C)(C)C#N. The van der Waals surface area contributed by atoms with Gasteiger partial charge in [0.2, 0.25) is 5.91 Å². The quantitative estimate of drug-likeness (QED) is 0.604. The Balaban J connectivity index is 3.58. The Morgan fingerprint density at radius 3 is 2.39 bits per heavy atom. The summed E-state index contributed by atoms with van der Waals surface area (Å²) in [5.74, 6) is 1.83. The molecule has 1 amide bonds. The van der Waals surface area contributed by atoms with E-state index in [1.54, 1.807) is 11.8 Å². The van der Waals surface area contributed by atoms with Crippen LogP contribution in [0.1, 0.15) is 47.0 Å². The molecule has 0 heterocycles. The summed E-state index contributed by atoms with van der Waals surface area (Å²) in [4.78, 5) is 13.6. The van der Waals surface area contributed by atoms with Crippen LogP contribution in [0.25, 0.3) is 0 Å². The maximum atomic E-state index is 11.7. The Morgan fingerprint density at radius 2 is 1.89 bits per heavy atom. The number of rotatable bonds is 9. The van der Waals surface area contributed by atoms with Crippen LogP contribution in [0.4, 0.5) is 0 Å². The third-order valence-electron chi connectivity index (χ3n) is 2.98. The van der Waals surface area contributed by atoms with E-state index in [4.69, 9.17) is 5.26 Å². The zero-order chi connectivity index (χ0) is 14.0. The molecule has 0 atom stereocenters. The highest BCUT2D eigenvalue weighted by atomic mass is 32.2. The molecule has 0 rings (SSSR count). The smallest absolute Gasteiger partial charge is 0.232 e. The molecular formula is C14H26N2OS. The standard InChI is InChI=1S/C14H26N2OS/c1-5-16(6-2)13(17)11-18-10-8-7-9-14(3,4)12-15/h5-11H2,1-4H3. The van der Waals surface area contributed by atoms with Gasteiger partial charge in [0.25, 0.3) is 0 Å². The number of carbonyl (C=O) groups excluding carboxylic acids is 1. The largest absolute Gasteiger partial charge is 0.343 e. The second-order valence-corrected chi connectivity index (χ2v) is 6.18. The highest BCUT2D eigenvalue weighted by Gasteiger charge is 2.15. The average molecular weight is 270 g/mol. The van der Waals surface area contributed by atoms with Crippen molar-refractivity contribution in [1.82, 2.24) is 4.90 Å². The normalized spacial score (nSPS) is 11.1. The predicted octanol–water partition coefficient (Wildman–Crippen LogP) is 3.31. The molecule has 0 unspecified atom stereocenters. The topological polar surface area (TPSA) is 44.1 Å². The number of thioether (sulfide) groups is 1. The minimum Gasteiger partial charge on any atom is -0.343 e. The molecule has 0 bridgehead atoms. The van der Waals surface area contributed by atoms with Crippen LogP contribution in [0.5, 0.6) is 0 Å². The molecule has 4 heteroatoms. The summed E-state index contributed by atoms with van der Waals surface area (Å²) in [5.41, 5.74) is -0.207. The van der Waals surface area contributed by atoms with E-state index in [1.165, 1.54) is 0 Å². The van der Waals surface area contributed by atoms with Crippen molar-refractivity contribution in [2.75, 3.05) is 24.6 Å². The van der Waals surface area contributed by atoms with Crippen LogP contribution in [0.3, 0.4) is 0 Å². The summed E-state index contributed by atoms with van der Waals surface area (Å²) in [6.45, 7) is 9.57. The number of carbonyl (C=O) groups is 1. The van der Waals surface area contributed by atoms with Crippen molar-refractivity contribution < 1.29 is 4.79 Å². The lowest BCUT2D eigenvalue weighted by Gasteiger charge is -2.18. The third kappa shape index (κ3) is 7.60. The molecule has 18 heavy (non-hydrogen) atoms. The molecule has 0 fully saturated rings. The molecule has 0 aliphatic rings. The highest BCUT2D eigenvalue weighted by molar-refractivity contribution is 7.99. The predicted molar refractivity (Wildman–Crippen MR) is 78.5 cm³/mol. The molecule has 104 valence electrons. The van der Waals surface area contributed by atoms with Gasteiger partial charge in [-0.3, -0.25) is 4.79 Å².